The van der Waals surface area contributed by atoms with Crippen LogP contribution in [0.4, 0.5) is 0 Å². The molecule has 46 heavy (non-hydrogen) atoms. The first-order valence-electron chi connectivity index (χ1n) is 16.0. The molecule has 0 spiro atoms. The van der Waals surface area contributed by atoms with E-state index in [1.807, 2.05) is 45.9 Å². The van der Waals surface area contributed by atoms with E-state index >= 15 is 0 Å². The molecular formula is C32H52N6O6S2. The van der Waals surface area contributed by atoms with Crippen molar-refractivity contribution in [2.24, 2.45) is 23.3 Å². The van der Waals surface area contributed by atoms with Crippen LogP contribution in [0.5, 0.6) is 0 Å². The highest BCUT2D eigenvalue weighted by Gasteiger charge is 2.43. The second kappa shape index (κ2) is 20.4. The smallest absolute Gasteiger partial charge is 0.246 e. The van der Waals surface area contributed by atoms with Crippen LogP contribution in [0.1, 0.15) is 84.0 Å². The van der Waals surface area contributed by atoms with E-state index in [4.69, 9.17) is 21.2 Å². The van der Waals surface area contributed by atoms with Crippen molar-refractivity contribution in [3.05, 3.63) is 29.6 Å². The summed E-state index contributed by atoms with van der Waals surface area (Å²) in [5, 5.41) is 8.58. The van der Waals surface area contributed by atoms with Crippen molar-refractivity contribution >= 4 is 53.1 Å². The Hall–Kier alpha value is -2.84. The van der Waals surface area contributed by atoms with Gasteiger partial charge in [0.1, 0.15) is 17.6 Å². The number of nitrogens with one attached hydrogen (secondary N) is 3. The maximum Gasteiger partial charge on any atom is 0.246 e. The molecule has 1 aliphatic rings. The number of aromatic nitrogens is 1. The number of hydrogen-bond acceptors (Lipinski definition) is 9. The number of thioether (sulfide) groups is 2. The molecule has 1 saturated heterocycles. The lowest BCUT2D eigenvalue weighted by Gasteiger charge is -2.38. The monoisotopic (exact) mass is 680 g/mol. The van der Waals surface area contributed by atoms with Gasteiger partial charge in [-0.1, -0.05) is 40.2 Å². The van der Waals surface area contributed by atoms with E-state index in [1.165, 1.54) is 0 Å². The molecule has 0 saturated carbocycles. The van der Waals surface area contributed by atoms with E-state index in [1.54, 1.807) is 23.5 Å². The molecule has 12 nitrogen and oxygen atoms in total. The Morgan fingerprint density at radius 2 is 1.59 bits per heavy atom. The predicted octanol–water partition coefficient (Wildman–Crippen LogP) is 2.42. The Bertz CT molecular complexity index is 1160. The molecule has 1 fully saturated rings. The molecule has 5 amide bonds. The van der Waals surface area contributed by atoms with Crippen LogP contribution in [0, 0.1) is 11.8 Å². The molecule has 0 aromatic carbocycles. The summed E-state index contributed by atoms with van der Waals surface area (Å²) in [5.74, 6) is 0.588. The van der Waals surface area contributed by atoms with Gasteiger partial charge in [0.2, 0.25) is 29.5 Å². The summed E-state index contributed by atoms with van der Waals surface area (Å²) in [6.45, 7) is 8.22. The van der Waals surface area contributed by atoms with Gasteiger partial charge < -0.3 is 32.2 Å². The quantitative estimate of drug-likeness (QED) is 0.121. The zero-order valence-corrected chi connectivity index (χ0v) is 29.2. The van der Waals surface area contributed by atoms with Crippen molar-refractivity contribution < 1.29 is 28.7 Å². The number of carbonyl (C=O) groups is 5. The maximum absolute atomic E-state index is 13.8. The van der Waals surface area contributed by atoms with Crippen molar-refractivity contribution in [3.8, 4) is 0 Å². The van der Waals surface area contributed by atoms with E-state index in [0.29, 0.717) is 44.0 Å². The third-order valence-corrected chi connectivity index (χ3v) is 9.93. The molecule has 0 radical (unpaired) electrons. The number of hydrogen-bond donors (Lipinski definition) is 5. The fraction of sp³-hybridized carbons (Fsp3) is 0.688. The maximum atomic E-state index is 13.8. The molecule has 1 aliphatic heterocycles. The molecule has 0 aliphatic carbocycles. The first-order valence-corrected chi connectivity index (χ1v) is 18.4. The Morgan fingerprint density at radius 3 is 2.15 bits per heavy atom. The standard InChI is InChI=1S/C32H52N6O6S2/c1-5-22(4)28(29(34)41)37-30(42)25(18-21(2)3)36-31(43)32(12-14-44-15-13-32)38-27(40)11-17-46-20-24-9-6-8-23(35-24)19-45-16-7-10-26(33)39/h6,8-9,21-22,25,28H,5,7,10-20H2,1-4H3,(H2,33,39)(H2,34,41)(H,36,43)(H,37,42)(H,38,40)/t22-,25-,28-/m0/s1. The Kier molecular flexibility index (Phi) is 17.5. The average Bonchev–Trinajstić information content (AvgIpc) is 3.01. The second-order valence-electron chi connectivity index (χ2n) is 12.2. The van der Waals surface area contributed by atoms with Gasteiger partial charge in [-0.2, -0.15) is 23.5 Å². The molecule has 1 aromatic rings. The van der Waals surface area contributed by atoms with Gasteiger partial charge >= 0.3 is 0 Å². The number of primary amides is 2. The van der Waals surface area contributed by atoms with Crippen LogP contribution in [-0.4, -0.2) is 76.9 Å². The molecule has 1 aromatic heterocycles. The lowest BCUT2D eigenvalue weighted by atomic mass is 9.87. The molecule has 0 unspecified atom stereocenters. The normalized spacial score (nSPS) is 16.2. The van der Waals surface area contributed by atoms with Crippen LogP contribution in [0.2, 0.25) is 0 Å². The highest BCUT2D eigenvalue weighted by molar-refractivity contribution is 7.98. The highest BCUT2D eigenvalue weighted by atomic mass is 32.2. The number of rotatable bonds is 21. The van der Waals surface area contributed by atoms with Crippen molar-refractivity contribution in [2.75, 3.05) is 24.7 Å². The predicted molar refractivity (Wildman–Crippen MR) is 182 cm³/mol. The van der Waals surface area contributed by atoms with Crippen molar-refractivity contribution in [3.63, 3.8) is 0 Å². The van der Waals surface area contributed by atoms with Gasteiger partial charge in [0.05, 0.1) is 11.4 Å². The summed E-state index contributed by atoms with van der Waals surface area (Å²) < 4.78 is 5.50. The van der Waals surface area contributed by atoms with E-state index in [9.17, 15) is 24.0 Å². The number of ether oxygens (including phenoxy) is 1. The summed E-state index contributed by atoms with van der Waals surface area (Å²) in [5.41, 5.74) is 11.4. The van der Waals surface area contributed by atoms with E-state index in [-0.39, 0.29) is 42.9 Å². The van der Waals surface area contributed by atoms with Crippen LogP contribution in [0.25, 0.3) is 0 Å². The van der Waals surface area contributed by atoms with Gasteiger partial charge in [0.25, 0.3) is 0 Å². The number of nitrogens with zero attached hydrogens (tertiary/aromatic N) is 1. The van der Waals surface area contributed by atoms with E-state index < -0.39 is 35.3 Å². The van der Waals surface area contributed by atoms with Crippen LogP contribution >= 0.6 is 23.5 Å². The lowest BCUT2D eigenvalue weighted by Crippen LogP contribution is -2.64. The fourth-order valence-corrected chi connectivity index (χ4v) is 6.70. The minimum atomic E-state index is -1.21. The van der Waals surface area contributed by atoms with Crippen LogP contribution < -0.4 is 27.4 Å². The fourth-order valence-electron chi connectivity index (χ4n) is 5.00. The molecule has 3 atom stereocenters. The van der Waals surface area contributed by atoms with Gasteiger partial charge in [-0.3, -0.25) is 29.0 Å². The van der Waals surface area contributed by atoms with E-state index in [0.717, 1.165) is 29.3 Å². The average molecular weight is 681 g/mol. The molecule has 258 valence electrons. The van der Waals surface area contributed by atoms with E-state index in [2.05, 4.69) is 16.0 Å². The first kappa shape index (κ1) is 39.3. The third kappa shape index (κ3) is 13.9. The number of pyridine rings is 1. The van der Waals surface area contributed by atoms with Gasteiger partial charge in [0, 0.05) is 56.2 Å². The molecule has 14 heteroatoms. The van der Waals surface area contributed by atoms with Crippen LogP contribution in [0.15, 0.2) is 18.2 Å². The summed E-state index contributed by atoms with van der Waals surface area (Å²) in [4.78, 5) is 67.8. The van der Waals surface area contributed by atoms with Crippen molar-refractivity contribution in [1.82, 2.24) is 20.9 Å². The summed E-state index contributed by atoms with van der Waals surface area (Å²) in [7, 11) is 0. The minimum absolute atomic E-state index is 0.0751. The highest BCUT2D eigenvalue weighted by Crippen LogP contribution is 2.23. The molecule has 2 rings (SSSR count). The lowest BCUT2D eigenvalue weighted by molar-refractivity contribution is -0.140. The van der Waals surface area contributed by atoms with Gasteiger partial charge in [0.15, 0.2) is 0 Å². The van der Waals surface area contributed by atoms with Crippen molar-refractivity contribution in [1.29, 1.82) is 0 Å². The zero-order valence-electron chi connectivity index (χ0n) is 27.6. The third-order valence-electron chi connectivity index (χ3n) is 7.86. The van der Waals surface area contributed by atoms with Crippen LogP contribution in [0.3, 0.4) is 0 Å². The number of carbonyl (C=O) groups excluding carboxylic acids is 5. The molecular weight excluding hydrogens is 629 g/mol. The second-order valence-corrected chi connectivity index (χ2v) is 14.4. The topological polar surface area (TPSA) is 196 Å². The SMILES string of the molecule is CC[C@H](C)[C@H](NC(=O)[C@H](CC(C)C)NC(=O)C1(NC(=O)CCSCc2cccc(CSCCCC(N)=O)n2)CCOCC1)C(N)=O. The minimum Gasteiger partial charge on any atom is -0.381 e. The first-order chi connectivity index (χ1) is 21.9. The summed E-state index contributed by atoms with van der Waals surface area (Å²) in [6.07, 6.45) is 2.90. The largest absolute Gasteiger partial charge is 0.381 e. The molecule has 7 N–H and O–H groups in total. The molecule has 0 bridgehead atoms. The van der Waals surface area contributed by atoms with Gasteiger partial charge in [-0.05, 0) is 42.6 Å². The molecule has 2 heterocycles. The Balaban J connectivity index is 1.95. The summed E-state index contributed by atoms with van der Waals surface area (Å²) >= 11 is 3.29. The summed E-state index contributed by atoms with van der Waals surface area (Å²) in [6, 6.07) is 4.14. The Labute approximate surface area is 281 Å². The number of amides is 5. The zero-order chi connectivity index (χ0) is 34.1. The van der Waals surface area contributed by atoms with Crippen molar-refractivity contribution in [2.45, 2.75) is 102 Å². The number of nitrogens with two attached hydrogens (primary N) is 2. The van der Waals surface area contributed by atoms with Crippen LogP contribution in [-0.2, 0) is 40.2 Å². The van der Waals surface area contributed by atoms with Gasteiger partial charge in [-0.15, -0.1) is 0 Å². The van der Waals surface area contributed by atoms with Gasteiger partial charge in [-0.25, -0.2) is 0 Å². The Morgan fingerprint density at radius 1 is 0.957 bits per heavy atom.